The van der Waals surface area contributed by atoms with Crippen molar-refractivity contribution in [2.45, 2.75) is 51.1 Å². The van der Waals surface area contributed by atoms with Crippen LogP contribution < -0.4 is 11.1 Å². The minimum atomic E-state index is -0.169. The van der Waals surface area contributed by atoms with Crippen molar-refractivity contribution in [3.63, 3.8) is 0 Å². The van der Waals surface area contributed by atoms with Crippen LogP contribution in [0.1, 0.15) is 48.9 Å². The summed E-state index contributed by atoms with van der Waals surface area (Å²) in [6, 6.07) is 2.21. The second-order valence-electron chi connectivity index (χ2n) is 4.62. The van der Waals surface area contributed by atoms with Crippen LogP contribution in [0.15, 0.2) is 10.6 Å². The van der Waals surface area contributed by atoms with Gasteiger partial charge in [-0.25, -0.2) is 0 Å². The number of rotatable bonds is 3. The molecule has 94 valence electrons. The molecule has 0 radical (unpaired) electrons. The smallest absolute Gasteiger partial charge is 0.290 e. The quantitative estimate of drug-likeness (QED) is 0.828. The first-order valence-electron chi connectivity index (χ1n) is 6.21. The van der Waals surface area contributed by atoms with Gasteiger partial charge in [-0.15, -0.1) is 0 Å². The molecule has 0 aromatic carbocycles. The maximum Gasteiger partial charge on any atom is 0.290 e. The average molecular weight is 237 g/mol. The lowest BCUT2D eigenvalue weighted by Crippen LogP contribution is -2.40. The molecule has 3 N–H and O–H groups in total. The molecular weight excluding hydrogens is 218 g/mol. The van der Waals surface area contributed by atoms with Gasteiger partial charge in [0.2, 0.25) is 5.76 Å². The predicted molar refractivity (Wildman–Crippen MR) is 63.6 cm³/mol. The second-order valence-corrected chi connectivity index (χ2v) is 4.62. The van der Waals surface area contributed by atoms with E-state index in [0.29, 0.717) is 11.8 Å². The Labute approximate surface area is 101 Å². The third-order valence-corrected chi connectivity index (χ3v) is 3.25. The average Bonchev–Trinajstić information content (AvgIpc) is 2.81. The number of aryl methyl sites for hydroxylation is 1. The highest BCUT2D eigenvalue weighted by atomic mass is 16.5. The van der Waals surface area contributed by atoms with Crippen LogP contribution in [-0.2, 0) is 6.42 Å². The van der Waals surface area contributed by atoms with Crippen molar-refractivity contribution in [3.05, 3.63) is 17.5 Å². The predicted octanol–water partition coefficient (Wildman–Crippen LogP) is 1.24. The van der Waals surface area contributed by atoms with Gasteiger partial charge in [0.15, 0.2) is 0 Å². The van der Waals surface area contributed by atoms with Gasteiger partial charge in [0, 0.05) is 18.2 Å². The minimum absolute atomic E-state index is 0.169. The Balaban J connectivity index is 1.88. The van der Waals surface area contributed by atoms with E-state index in [2.05, 4.69) is 10.5 Å². The number of hydrogen-bond acceptors (Lipinski definition) is 4. The largest absolute Gasteiger partial charge is 0.351 e. The number of nitrogens with one attached hydrogen (secondary N) is 1. The molecule has 5 heteroatoms. The van der Waals surface area contributed by atoms with E-state index in [1.165, 1.54) is 0 Å². The fourth-order valence-corrected chi connectivity index (χ4v) is 2.11. The van der Waals surface area contributed by atoms with Crippen molar-refractivity contribution in [2.75, 3.05) is 0 Å². The molecular formula is C12H19N3O2. The van der Waals surface area contributed by atoms with E-state index in [0.717, 1.165) is 37.8 Å². The third kappa shape index (κ3) is 3.06. The van der Waals surface area contributed by atoms with Crippen molar-refractivity contribution in [1.82, 2.24) is 10.5 Å². The van der Waals surface area contributed by atoms with Gasteiger partial charge in [0.05, 0.1) is 5.69 Å². The third-order valence-electron chi connectivity index (χ3n) is 3.25. The Kier molecular flexibility index (Phi) is 3.78. The topological polar surface area (TPSA) is 81.2 Å². The molecule has 0 aliphatic heterocycles. The number of nitrogens with two attached hydrogens (primary N) is 1. The SMILES string of the molecule is CCc1cc(C(=O)N[C@H]2CC[C@H](N)CC2)on1. The van der Waals surface area contributed by atoms with Gasteiger partial charge in [0.1, 0.15) is 0 Å². The lowest BCUT2D eigenvalue weighted by Gasteiger charge is -2.26. The zero-order chi connectivity index (χ0) is 12.3. The van der Waals surface area contributed by atoms with Gasteiger partial charge in [-0.1, -0.05) is 12.1 Å². The Morgan fingerprint density at radius 3 is 2.82 bits per heavy atom. The van der Waals surface area contributed by atoms with Crippen molar-refractivity contribution < 1.29 is 9.32 Å². The fourth-order valence-electron chi connectivity index (χ4n) is 2.11. The second kappa shape index (κ2) is 5.31. The summed E-state index contributed by atoms with van der Waals surface area (Å²) in [6.07, 6.45) is 4.61. The normalized spacial score (nSPS) is 24.6. The lowest BCUT2D eigenvalue weighted by molar-refractivity contribution is 0.0888. The first-order valence-corrected chi connectivity index (χ1v) is 6.21. The molecule has 5 nitrogen and oxygen atoms in total. The number of aromatic nitrogens is 1. The number of carbonyl (C=O) groups is 1. The molecule has 0 atom stereocenters. The van der Waals surface area contributed by atoms with Crippen LogP contribution in [0.25, 0.3) is 0 Å². The highest BCUT2D eigenvalue weighted by Gasteiger charge is 2.22. The fraction of sp³-hybridized carbons (Fsp3) is 0.667. The van der Waals surface area contributed by atoms with Crippen LogP contribution in [0, 0.1) is 0 Å². The summed E-state index contributed by atoms with van der Waals surface area (Å²) in [5, 5.41) is 6.77. The Morgan fingerprint density at radius 1 is 1.53 bits per heavy atom. The van der Waals surface area contributed by atoms with Crippen molar-refractivity contribution in [1.29, 1.82) is 0 Å². The van der Waals surface area contributed by atoms with E-state index in [-0.39, 0.29) is 11.9 Å². The maximum atomic E-state index is 11.8. The monoisotopic (exact) mass is 237 g/mol. The Hall–Kier alpha value is -1.36. The summed E-state index contributed by atoms with van der Waals surface area (Å²) in [4.78, 5) is 11.8. The molecule has 1 saturated carbocycles. The first-order chi connectivity index (χ1) is 8.19. The van der Waals surface area contributed by atoms with Crippen LogP contribution in [0.2, 0.25) is 0 Å². The number of amides is 1. The summed E-state index contributed by atoms with van der Waals surface area (Å²) in [6.45, 7) is 1.97. The first kappa shape index (κ1) is 12.1. The van der Waals surface area contributed by atoms with Crippen LogP contribution in [-0.4, -0.2) is 23.1 Å². The van der Waals surface area contributed by atoms with Gasteiger partial charge in [-0.2, -0.15) is 0 Å². The van der Waals surface area contributed by atoms with E-state index >= 15 is 0 Å². The van der Waals surface area contributed by atoms with Crippen LogP contribution >= 0.6 is 0 Å². The van der Waals surface area contributed by atoms with Crippen molar-refractivity contribution in [3.8, 4) is 0 Å². The van der Waals surface area contributed by atoms with Gasteiger partial charge >= 0.3 is 0 Å². The summed E-state index contributed by atoms with van der Waals surface area (Å²) < 4.78 is 4.99. The molecule has 1 aromatic heterocycles. The zero-order valence-corrected chi connectivity index (χ0v) is 10.1. The highest BCUT2D eigenvalue weighted by molar-refractivity contribution is 5.91. The molecule has 1 heterocycles. The Morgan fingerprint density at radius 2 is 2.24 bits per heavy atom. The van der Waals surface area contributed by atoms with Crippen LogP contribution in [0.4, 0.5) is 0 Å². The number of hydrogen-bond donors (Lipinski definition) is 2. The minimum Gasteiger partial charge on any atom is -0.351 e. The van der Waals surface area contributed by atoms with Gasteiger partial charge in [0.25, 0.3) is 5.91 Å². The summed E-state index contributed by atoms with van der Waals surface area (Å²) in [5.74, 6) is 0.134. The van der Waals surface area contributed by atoms with Gasteiger partial charge < -0.3 is 15.6 Å². The maximum absolute atomic E-state index is 11.8. The van der Waals surface area contributed by atoms with Crippen LogP contribution in [0.5, 0.6) is 0 Å². The molecule has 1 aliphatic rings. The van der Waals surface area contributed by atoms with E-state index in [1.54, 1.807) is 6.07 Å². The molecule has 0 saturated heterocycles. The molecule has 1 aromatic rings. The Bertz CT molecular complexity index is 381. The van der Waals surface area contributed by atoms with E-state index < -0.39 is 0 Å². The molecule has 0 unspecified atom stereocenters. The van der Waals surface area contributed by atoms with Gasteiger partial charge in [-0.3, -0.25) is 4.79 Å². The van der Waals surface area contributed by atoms with E-state index in [9.17, 15) is 4.79 Å². The van der Waals surface area contributed by atoms with E-state index in [4.69, 9.17) is 10.3 Å². The zero-order valence-electron chi connectivity index (χ0n) is 10.1. The molecule has 2 rings (SSSR count). The lowest BCUT2D eigenvalue weighted by atomic mass is 9.92. The number of nitrogens with zero attached hydrogens (tertiary/aromatic N) is 1. The summed E-state index contributed by atoms with van der Waals surface area (Å²) >= 11 is 0. The van der Waals surface area contributed by atoms with E-state index in [1.807, 2.05) is 6.92 Å². The summed E-state index contributed by atoms with van der Waals surface area (Å²) in [5.41, 5.74) is 6.63. The highest BCUT2D eigenvalue weighted by Crippen LogP contribution is 2.17. The molecule has 1 amide bonds. The molecule has 17 heavy (non-hydrogen) atoms. The summed E-state index contributed by atoms with van der Waals surface area (Å²) in [7, 11) is 0. The van der Waals surface area contributed by atoms with Gasteiger partial charge in [-0.05, 0) is 32.1 Å². The van der Waals surface area contributed by atoms with Crippen LogP contribution in [0.3, 0.4) is 0 Å². The molecule has 1 aliphatic carbocycles. The number of carbonyl (C=O) groups excluding carboxylic acids is 1. The van der Waals surface area contributed by atoms with Crippen molar-refractivity contribution >= 4 is 5.91 Å². The molecule has 1 fully saturated rings. The van der Waals surface area contributed by atoms with Crippen molar-refractivity contribution in [2.24, 2.45) is 5.73 Å². The molecule has 0 spiro atoms. The molecule has 0 bridgehead atoms. The standard InChI is InChI=1S/C12H19N3O2/c1-2-9-7-11(17-15-9)12(16)14-10-5-3-8(13)4-6-10/h7-8,10H,2-6,13H2,1H3,(H,14,16)/t8-,10-.